The average Bonchev–Trinajstić information content (AvgIpc) is 2.84. The highest BCUT2D eigenvalue weighted by atomic mass is 16.5. The molecule has 1 fully saturated rings. The van der Waals surface area contributed by atoms with Crippen LogP contribution in [0.2, 0.25) is 0 Å². The molecule has 0 saturated carbocycles. The fourth-order valence-electron chi connectivity index (χ4n) is 2.26. The molecule has 0 radical (unpaired) electrons. The summed E-state index contributed by atoms with van der Waals surface area (Å²) in [6.07, 6.45) is 3.28. The number of para-hydroxylation sites is 1. The molecule has 3 rings (SSSR count). The van der Waals surface area contributed by atoms with Crippen LogP contribution in [0.4, 0.5) is 0 Å². The third kappa shape index (κ3) is 2.11. The number of hydrogen-bond donors (Lipinski definition) is 1. The number of nitrogens with one attached hydrogen (secondary N) is 1. The van der Waals surface area contributed by atoms with Crippen LogP contribution in [0.15, 0.2) is 34.9 Å². The predicted octanol–water partition coefficient (Wildman–Crippen LogP) is 2.34. The van der Waals surface area contributed by atoms with Crippen molar-refractivity contribution in [1.29, 1.82) is 0 Å². The molecule has 1 aromatic heterocycles. The minimum Gasteiger partial charge on any atom is -0.463 e. The number of hydrogen-bond acceptors (Lipinski definition) is 3. The van der Waals surface area contributed by atoms with Crippen molar-refractivity contribution in [3.05, 3.63) is 36.1 Å². The minimum absolute atomic E-state index is 0.0631. The number of furan rings is 1. The Bertz CT molecular complexity index is 555. The Kier molecular flexibility index (Phi) is 3.02. The van der Waals surface area contributed by atoms with Gasteiger partial charge in [0.05, 0.1) is 5.56 Å². The maximum Gasteiger partial charge on any atom is 0.255 e. The average molecular weight is 245 g/mol. The molecule has 4 heteroatoms. The highest BCUT2D eigenvalue weighted by Crippen LogP contribution is 2.21. The third-order valence-corrected chi connectivity index (χ3v) is 3.28. The molecule has 0 unspecified atom stereocenters. The lowest BCUT2D eigenvalue weighted by atomic mass is 10.1. The van der Waals surface area contributed by atoms with Crippen molar-refractivity contribution >= 4 is 16.9 Å². The summed E-state index contributed by atoms with van der Waals surface area (Å²) in [5.41, 5.74) is 1.35. The van der Waals surface area contributed by atoms with Crippen molar-refractivity contribution in [2.75, 3.05) is 13.2 Å². The molecule has 4 nitrogen and oxygen atoms in total. The van der Waals surface area contributed by atoms with E-state index in [9.17, 15) is 4.79 Å². The van der Waals surface area contributed by atoms with Gasteiger partial charge in [0.2, 0.25) is 0 Å². The van der Waals surface area contributed by atoms with E-state index in [1.54, 1.807) is 0 Å². The zero-order valence-electron chi connectivity index (χ0n) is 10.0. The predicted molar refractivity (Wildman–Crippen MR) is 67.5 cm³/mol. The molecule has 1 aromatic carbocycles. The molecule has 94 valence electrons. The van der Waals surface area contributed by atoms with Gasteiger partial charge in [-0.2, -0.15) is 0 Å². The molecule has 1 amide bonds. The van der Waals surface area contributed by atoms with E-state index in [-0.39, 0.29) is 11.9 Å². The lowest BCUT2D eigenvalue weighted by Crippen LogP contribution is -2.38. The van der Waals surface area contributed by atoms with Crippen LogP contribution in [-0.2, 0) is 4.74 Å². The Balaban J connectivity index is 1.79. The minimum atomic E-state index is -0.0631. The van der Waals surface area contributed by atoms with Gasteiger partial charge in [-0.3, -0.25) is 4.79 Å². The summed E-state index contributed by atoms with van der Waals surface area (Å²) in [5.74, 6) is -0.0631. The molecule has 1 aliphatic rings. The van der Waals surface area contributed by atoms with Crippen LogP contribution >= 0.6 is 0 Å². The second-order valence-corrected chi connectivity index (χ2v) is 4.51. The van der Waals surface area contributed by atoms with Gasteiger partial charge < -0.3 is 14.5 Å². The van der Waals surface area contributed by atoms with E-state index >= 15 is 0 Å². The quantitative estimate of drug-likeness (QED) is 0.883. The Morgan fingerprint density at radius 2 is 2.00 bits per heavy atom. The van der Waals surface area contributed by atoms with Crippen LogP contribution in [-0.4, -0.2) is 25.2 Å². The number of fused-ring (bicyclic) bond motifs is 1. The number of rotatable bonds is 2. The monoisotopic (exact) mass is 245 g/mol. The van der Waals surface area contributed by atoms with Crippen LogP contribution in [0.25, 0.3) is 11.0 Å². The van der Waals surface area contributed by atoms with E-state index in [4.69, 9.17) is 9.15 Å². The summed E-state index contributed by atoms with van der Waals surface area (Å²) < 4.78 is 10.6. The Labute approximate surface area is 105 Å². The Hall–Kier alpha value is -1.81. The van der Waals surface area contributed by atoms with E-state index in [2.05, 4.69) is 5.32 Å². The maximum absolute atomic E-state index is 12.2. The van der Waals surface area contributed by atoms with Crippen LogP contribution < -0.4 is 5.32 Å². The third-order valence-electron chi connectivity index (χ3n) is 3.28. The molecule has 2 aromatic rings. The second kappa shape index (κ2) is 4.82. The summed E-state index contributed by atoms with van der Waals surface area (Å²) in [6.45, 7) is 1.44. The molecule has 0 spiro atoms. The van der Waals surface area contributed by atoms with Crippen LogP contribution in [0.1, 0.15) is 23.2 Å². The number of benzene rings is 1. The normalized spacial score (nSPS) is 16.9. The molecule has 1 aliphatic heterocycles. The van der Waals surface area contributed by atoms with Crippen molar-refractivity contribution < 1.29 is 13.9 Å². The van der Waals surface area contributed by atoms with Crippen molar-refractivity contribution in [3.8, 4) is 0 Å². The molecule has 18 heavy (non-hydrogen) atoms. The van der Waals surface area contributed by atoms with Crippen molar-refractivity contribution in [2.45, 2.75) is 18.9 Å². The summed E-state index contributed by atoms with van der Waals surface area (Å²) >= 11 is 0. The van der Waals surface area contributed by atoms with Gasteiger partial charge in [0.15, 0.2) is 0 Å². The fraction of sp³-hybridized carbons (Fsp3) is 0.357. The number of ether oxygens (including phenoxy) is 1. The fourth-order valence-corrected chi connectivity index (χ4v) is 2.26. The second-order valence-electron chi connectivity index (χ2n) is 4.51. The Morgan fingerprint density at radius 1 is 1.22 bits per heavy atom. The van der Waals surface area contributed by atoms with E-state index in [1.807, 2.05) is 24.3 Å². The summed E-state index contributed by atoms with van der Waals surface area (Å²) in [6, 6.07) is 7.77. The van der Waals surface area contributed by atoms with E-state index in [0.717, 1.165) is 37.0 Å². The molecule has 0 bridgehead atoms. The van der Waals surface area contributed by atoms with E-state index < -0.39 is 0 Å². The van der Waals surface area contributed by atoms with Gasteiger partial charge in [-0.05, 0) is 18.9 Å². The van der Waals surface area contributed by atoms with E-state index in [1.165, 1.54) is 6.26 Å². The van der Waals surface area contributed by atoms with E-state index in [0.29, 0.717) is 5.56 Å². The van der Waals surface area contributed by atoms with Gasteiger partial charge in [0.25, 0.3) is 5.91 Å². The van der Waals surface area contributed by atoms with Crippen molar-refractivity contribution in [2.24, 2.45) is 0 Å². The number of amides is 1. The lowest BCUT2D eigenvalue weighted by Gasteiger charge is -2.22. The number of carbonyl (C=O) groups is 1. The maximum atomic E-state index is 12.2. The van der Waals surface area contributed by atoms with Gasteiger partial charge in [-0.25, -0.2) is 0 Å². The zero-order chi connectivity index (χ0) is 12.4. The van der Waals surface area contributed by atoms with Crippen LogP contribution in [0, 0.1) is 0 Å². The van der Waals surface area contributed by atoms with Crippen LogP contribution in [0.3, 0.4) is 0 Å². The first kappa shape index (κ1) is 11.3. The molecule has 0 atom stereocenters. The molecule has 0 aliphatic carbocycles. The first-order valence-electron chi connectivity index (χ1n) is 6.19. The number of carbonyl (C=O) groups excluding carboxylic acids is 1. The van der Waals surface area contributed by atoms with Gasteiger partial charge in [-0.15, -0.1) is 0 Å². The molecular weight excluding hydrogens is 230 g/mol. The highest BCUT2D eigenvalue weighted by molar-refractivity contribution is 6.05. The summed E-state index contributed by atoms with van der Waals surface area (Å²) in [5, 5.41) is 3.90. The molecule has 1 saturated heterocycles. The van der Waals surface area contributed by atoms with Gasteiger partial charge >= 0.3 is 0 Å². The summed E-state index contributed by atoms with van der Waals surface area (Å²) in [7, 11) is 0. The smallest absolute Gasteiger partial charge is 0.255 e. The highest BCUT2D eigenvalue weighted by Gasteiger charge is 2.19. The standard InChI is InChI=1S/C14H15NO3/c16-14(15-10-5-7-17-8-6-10)12-9-18-13-4-2-1-3-11(12)13/h1-4,9-10H,5-8H2,(H,15,16). The van der Waals surface area contributed by atoms with Crippen molar-refractivity contribution in [3.63, 3.8) is 0 Å². The first-order valence-corrected chi connectivity index (χ1v) is 6.19. The molecular formula is C14H15NO3. The van der Waals surface area contributed by atoms with Gasteiger partial charge in [0.1, 0.15) is 11.8 Å². The van der Waals surface area contributed by atoms with Gasteiger partial charge in [-0.1, -0.05) is 18.2 Å². The topological polar surface area (TPSA) is 51.5 Å². The largest absolute Gasteiger partial charge is 0.463 e. The zero-order valence-corrected chi connectivity index (χ0v) is 10.0. The molecule has 1 N–H and O–H groups in total. The Morgan fingerprint density at radius 3 is 2.83 bits per heavy atom. The van der Waals surface area contributed by atoms with Gasteiger partial charge in [0, 0.05) is 24.6 Å². The SMILES string of the molecule is O=C(NC1CCOCC1)c1coc2ccccc12. The molecule has 2 heterocycles. The van der Waals surface area contributed by atoms with Crippen LogP contribution in [0.5, 0.6) is 0 Å². The summed E-state index contributed by atoms with van der Waals surface area (Å²) in [4.78, 5) is 12.2. The lowest BCUT2D eigenvalue weighted by molar-refractivity contribution is 0.0697. The first-order chi connectivity index (χ1) is 8.84. The van der Waals surface area contributed by atoms with Crippen molar-refractivity contribution in [1.82, 2.24) is 5.32 Å².